The second-order valence-corrected chi connectivity index (χ2v) is 11.8. The number of rotatable bonds is 8. The van der Waals surface area contributed by atoms with E-state index in [4.69, 9.17) is 10.7 Å². The molecule has 202 valence electrons. The summed E-state index contributed by atoms with van der Waals surface area (Å²) in [6.45, 7) is 0. The van der Waals surface area contributed by atoms with Crippen molar-refractivity contribution < 1.29 is 9.59 Å². The van der Waals surface area contributed by atoms with Crippen LogP contribution in [0.2, 0.25) is 0 Å². The monoisotopic (exact) mass is 594 g/mol. The van der Waals surface area contributed by atoms with Gasteiger partial charge in [-0.3, -0.25) is 19.0 Å². The average molecular weight is 595 g/mol. The summed E-state index contributed by atoms with van der Waals surface area (Å²) in [5.41, 5.74) is 9.00. The number of nitrogens with zero attached hydrogens (tertiary/aromatic N) is 2. The van der Waals surface area contributed by atoms with Gasteiger partial charge in [0, 0.05) is 15.8 Å². The van der Waals surface area contributed by atoms with Gasteiger partial charge in [-0.15, -0.1) is 22.7 Å². The van der Waals surface area contributed by atoms with Crippen molar-refractivity contribution in [1.29, 1.82) is 0 Å². The van der Waals surface area contributed by atoms with Crippen LogP contribution in [0.1, 0.15) is 10.4 Å². The van der Waals surface area contributed by atoms with Crippen LogP contribution in [0.15, 0.2) is 112 Å². The molecule has 0 aliphatic heterocycles. The number of thioether (sulfide) groups is 1. The molecule has 0 aliphatic rings. The molecule has 3 aromatic heterocycles. The largest absolute Gasteiger partial charge is 0.366 e. The number of anilines is 1. The van der Waals surface area contributed by atoms with Gasteiger partial charge in [-0.05, 0) is 29.3 Å². The number of para-hydroxylation sites is 1. The zero-order valence-electron chi connectivity index (χ0n) is 21.4. The van der Waals surface area contributed by atoms with Gasteiger partial charge in [0.05, 0.1) is 22.4 Å². The number of carbonyl (C=O) groups is 2. The lowest BCUT2D eigenvalue weighted by atomic mass is 10.1. The average Bonchev–Trinajstić information content (AvgIpc) is 3.62. The Hall–Kier alpha value is -4.51. The fourth-order valence-corrected chi connectivity index (χ4v) is 7.29. The third-order valence-electron chi connectivity index (χ3n) is 6.32. The zero-order chi connectivity index (χ0) is 28.3. The van der Waals surface area contributed by atoms with Gasteiger partial charge in [0.25, 0.3) is 11.5 Å². The van der Waals surface area contributed by atoms with Crippen LogP contribution in [-0.2, 0) is 4.79 Å². The van der Waals surface area contributed by atoms with Crippen molar-refractivity contribution in [3.63, 3.8) is 0 Å². The van der Waals surface area contributed by atoms with Crippen molar-refractivity contribution in [2.45, 2.75) is 5.16 Å². The van der Waals surface area contributed by atoms with Crippen LogP contribution in [0.4, 0.5) is 5.00 Å². The minimum Gasteiger partial charge on any atom is -0.366 e. The van der Waals surface area contributed by atoms with Crippen LogP contribution in [0.3, 0.4) is 0 Å². The fourth-order valence-electron chi connectivity index (χ4n) is 4.41. The molecule has 10 heteroatoms. The van der Waals surface area contributed by atoms with Crippen molar-refractivity contribution in [3.05, 3.63) is 118 Å². The summed E-state index contributed by atoms with van der Waals surface area (Å²) in [5.74, 6) is -0.995. The first kappa shape index (κ1) is 26.7. The van der Waals surface area contributed by atoms with Gasteiger partial charge >= 0.3 is 0 Å². The summed E-state index contributed by atoms with van der Waals surface area (Å²) in [7, 11) is 0. The van der Waals surface area contributed by atoms with E-state index in [1.54, 1.807) is 10.6 Å². The highest BCUT2D eigenvalue weighted by molar-refractivity contribution is 7.99. The van der Waals surface area contributed by atoms with Gasteiger partial charge in [-0.2, -0.15) is 0 Å². The maximum absolute atomic E-state index is 14.0. The molecule has 6 rings (SSSR count). The summed E-state index contributed by atoms with van der Waals surface area (Å²) >= 11 is 3.84. The highest BCUT2D eigenvalue weighted by atomic mass is 32.2. The Morgan fingerprint density at radius 3 is 2.20 bits per heavy atom. The van der Waals surface area contributed by atoms with Gasteiger partial charge in [-0.25, -0.2) is 4.98 Å². The molecule has 0 unspecified atom stereocenters. The first-order valence-corrected chi connectivity index (χ1v) is 15.2. The lowest BCUT2D eigenvalue weighted by Crippen LogP contribution is -2.23. The minimum absolute atomic E-state index is 0.0293. The molecule has 0 atom stereocenters. The fraction of sp³-hybridized carbons (Fsp3) is 0.0323. The van der Waals surface area contributed by atoms with Crippen LogP contribution < -0.4 is 16.6 Å². The molecule has 0 aliphatic carbocycles. The number of hydrogen-bond acceptors (Lipinski definition) is 7. The minimum atomic E-state index is -0.622. The van der Waals surface area contributed by atoms with Crippen molar-refractivity contribution in [3.8, 4) is 27.3 Å². The quantitative estimate of drug-likeness (QED) is 0.151. The molecule has 6 aromatic rings. The molecule has 3 heterocycles. The summed E-state index contributed by atoms with van der Waals surface area (Å²) in [5, 5.41) is 6.10. The van der Waals surface area contributed by atoms with Crippen LogP contribution in [0.25, 0.3) is 37.5 Å². The second kappa shape index (κ2) is 11.5. The lowest BCUT2D eigenvalue weighted by Gasteiger charge is -2.12. The molecule has 3 aromatic carbocycles. The number of primary amides is 1. The Morgan fingerprint density at radius 2 is 1.54 bits per heavy atom. The van der Waals surface area contributed by atoms with Crippen LogP contribution in [0.5, 0.6) is 0 Å². The molecule has 0 saturated carbocycles. The summed E-state index contributed by atoms with van der Waals surface area (Å²) in [6, 6.07) is 30.3. The number of nitrogens with one attached hydrogen (secondary N) is 1. The second-order valence-electron chi connectivity index (χ2n) is 8.99. The van der Waals surface area contributed by atoms with E-state index in [1.807, 2.05) is 96.4 Å². The lowest BCUT2D eigenvalue weighted by molar-refractivity contribution is -0.113. The topological polar surface area (TPSA) is 107 Å². The summed E-state index contributed by atoms with van der Waals surface area (Å²) < 4.78 is 1.55. The maximum atomic E-state index is 14.0. The number of fused-ring (bicyclic) bond motifs is 1. The van der Waals surface area contributed by atoms with Crippen LogP contribution in [-0.4, -0.2) is 27.1 Å². The van der Waals surface area contributed by atoms with Crippen molar-refractivity contribution >= 4 is 61.5 Å². The Labute approximate surface area is 247 Å². The molecule has 7 nitrogen and oxygen atoms in total. The molecule has 0 spiro atoms. The summed E-state index contributed by atoms with van der Waals surface area (Å²) in [4.78, 5) is 45.4. The zero-order valence-corrected chi connectivity index (χ0v) is 23.9. The smallest absolute Gasteiger partial charge is 0.268 e. The molecular formula is C31H22N4O3S3. The van der Waals surface area contributed by atoms with E-state index in [0.29, 0.717) is 26.1 Å². The first-order valence-electron chi connectivity index (χ1n) is 12.6. The SMILES string of the molecule is NC(=O)c1cc(-c2ccccc2)sc1NC(=O)CSc1nc2scc(-c3ccccc3)c2c(=O)n1-c1ccccc1. The molecule has 0 bridgehead atoms. The van der Waals surface area contributed by atoms with Gasteiger partial charge in [0.1, 0.15) is 9.83 Å². The molecule has 41 heavy (non-hydrogen) atoms. The molecule has 3 N–H and O–H groups in total. The van der Waals surface area contributed by atoms with Crippen molar-refractivity contribution in [1.82, 2.24) is 9.55 Å². The van der Waals surface area contributed by atoms with Crippen molar-refractivity contribution in [2.75, 3.05) is 11.1 Å². The Kier molecular flexibility index (Phi) is 7.51. The van der Waals surface area contributed by atoms with E-state index in [9.17, 15) is 14.4 Å². The van der Waals surface area contributed by atoms with E-state index < -0.39 is 5.91 Å². The third kappa shape index (κ3) is 5.45. The van der Waals surface area contributed by atoms with E-state index >= 15 is 0 Å². The predicted molar refractivity (Wildman–Crippen MR) is 168 cm³/mol. The first-order chi connectivity index (χ1) is 20.0. The van der Waals surface area contributed by atoms with Crippen molar-refractivity contribution in [2.24, 2.45) is 5.73 Å². The van der Waals surface area contributed by atoms with Gasteiger partial charge < -0.3 is 11.1 Å². The Morgan fingerprint density at radius 1 is 0.902 bits per heavy atom. The van der Waals surface area contributed by atoms with E-state index in [2.05, 4.69) is 5.32 Å². The standard InChI is InChI=1S/C31H22N4O3S3/c32-27(37)22-16-24(20-12-6-2-7-13-20)41-28(22)33-25(36)18-40-31-34-29-26(23(17-39-29)19-10-4-1-5-11-19)30(38)35(31)21-14-8-3-9-15-21/h1-17H,18H2,(H2,32,37)(H,33,36). The normalized spacial score (nSPS) is 11.0. The molecule has 2 amide bonds. The highest BCUT2D eigenvalue weighted by Gasteiger charge is 2.21. The number of thiophene rings is 2. The maximum Gasteiger partial charge on any atom is 0.268 e. The van der Waals surface area contributed by atoms with E-state index in [-0.39, 0.29) is 22.8 Å². The van der Waals surface area contributed by atoms with Gasteiger partial charge in [-0.1, -0.05) is 90.6 Å². The van der Waals surface area contributed by atoms with Crippen LogP contribution in [0, 0.1) is 0 Å². The highest BCUT2D eigenvalue weighted by Crippen LogP contribution is 2.36. The predicted octanol–water partition coefficient (Wildman–Crippen LogP) is 6.67. The molecule has 0 saturated heterocycles. The Balaban J connectivity index is 1.32. The number of benzene rings is 3. The van der Waals surface area contributed by atoms with Gasteiger partial charge in [0.2, 0.25) is 5.91 Å². The molecule has 0 fully saturated rings. The molecule has 0 radical (unpaired) electrons. The van der Waals surface area contributed by atoms with E-state index in [1.165, 1.54) is 22.7 Å². The van der Waals surface area contributed by atoms with Crippen LogP contribution >= 0.6 is 34.4 Å². The third-order valence-corrected chi connectivity index (χ3v) is 9.23. The Bertz CT molecular complexity index is 1930. The number of aromatic nitrogens is 2. The number of hydrogen-bond donors (Lipinski definition) is 2. The summed E-state index contributed by atoms with van der Waals surface area (Å²) in [6.07, 6.45) is 0. The van der Waals surface area contributed by atoms with Gasteiger partial charge in [0.15, 0.2) is 5.16 Å². The molecular weight excluding hydrogens is 573 g/mol. The number of amides is 2. The van der Waals surface area contributed by atoms with E-state index in [0.717, 1.165) is 33.3 Å². The number of nitrogens with two attached hydrogens (primary N) is 1. The number of carbonyl (C=O) groups excluding carboxylic acids is 2.